The van der Waals surface area contributed by atoms with Gasteiger partial charge in [-0.15, -0.1) is 0 Å². The number of ether oxygens (including phenoxy) is 1. The van der Waals surface area contributed by atoms with Gasteiger partial charge in [-0.05, 0) is 30.5 Å². The molecule has 0 unspecified atom stereocenters. The molecule has 9 nitrogen and oxygen atoms in total. The van der Waals surface area contributed by atoms with E-state index in [2.05, 4.69) is 15.3 Å². The van der Waals surface area contributed by atoms with Gasteiger partial charge in [-0.3, -0.25) is 14.3 Å². The van der Waals surface area contributed by atoms with Crippen LogP contribution in [0.2, 0.25) is 0 Å². The van der Waals surface area contributed by atoms with Crippen molar-refractivity contribution in [3.05, 3.63) is 50.7 Å². The van der Waals surface area contributed by atoms with Crippen LogP contribution >= 0.6 is 0 Å². The van der Waals surface area contributed by atoms with Crippen molar-refractivity contribution in [2.75, 3.05) is 18.5 Å². The molecule has 3 N–H and O–H groups in total. The number of hydrogen-bond donors (Lipinski definition) is 3. The fourth-order valence-electron chi connectivity index (χ4n) is 3.00. The zero-order chi connectivity index (χ0) is 21.1. The van der Waals surface area contributed by atoms with Crippen LogP contribution in [0.15, 0.2) is 33.9 Å². The van der Waals surface area contributed by atoms with Crippen molar-refractivity contribution in [2.24, 2.45) is 13.0 Å². The highest BCUT2D eigenvalue weighted by molar-refractivity contribution is 5.74. The minimum atomic E-state index is -0.885. The second-order valence-corrected chi connectivity index (χ2v) is 7.59. The summed E-state index contributed by atoms with van der Waals surface area (Å²) in [7, 11) is 1.54. The number of benzene rings is 1. The minimum Gasteiger partial charge on any atom is -0.491 e. The summed E-state index contributed by atoms with van der Waals surface area (Å²) in [5.74, 6) is 1.44. The molecule has 3 aromatic rings. The van der Waals surface area contributed by atoms with E-state index in [9.17, 15) is 14.7 Å². The van der Waals surface area contributed by atoms with Crippen LogP contribution in [0.25, 0.3) is 11.2 Å². The largest absolute Gasteiger partial charge is 0.491 e. The van der Waals surface area contributed by atoms with E-state index >= 15 is 0 Å². The molecular weight excluding hydrogens is 374 g/mol. The lowest BCUT2D eigenvalue weighted by molar-refractivity contribution is 0.0938. The topological polar surface area (TPSA) is 114 Å². The van der Waals surface area contributed by atoms with E-state index in [0.29, 0.717) is 24.2 Å². The molecule has 0 saturated carbocycles. The van der Waals surface area contributed by atoms with Crippen molar-refractivity contribution in [3.8, 4) is 5.75 Å². The quantitative estimate of drug-likeness (QED) is 0.523. The van der Waals surface area contributed by atoms with Crippen LogP contribution < -0.4 is 21.3 Å². The van der Waals surface area contributed by atoms with Gasteiger partial charge < -0.3 is 19.7 Å². The molecule has 2 heterocycles. The third kappa shape index (κ3) is 4.68. The number of anilines is 1. The first-order chi connectivity index (χ1) is 13.8. The fraction of sp³-hybridized carbons (Fsp3) is 0.450. The minimum absolute atomic E-state index is 0.0520. The van der Waals surface area contributed by atoms with Crippen molar-refractivity contribution < 1.29 is 9.84 Å². The van der Waals surface area contributed by atoms with E-state index in [1.807, 2.05) is 45.0 Å². The van der Waals surface area contributed by atoms with E-state index in [1.165, 1.54) is 4.57 Å². The van der Waals surface area contributed by atoms with E-state index in [1.54, 1.807) is 11.6 Å². The molecule has 0 spiro atoms. The second kappa shape index (κ2) is 8.52. The zero-order valence-electron chi connectivity index (χ0n) is 17.1. The lowest BCUT2D eigenvalue weighted by Crippen LogP contribution is -2.31. The number of fused-ring (bicyclic) bond motifs is 1. The molecule has 0 radical (unpaired) electrons. The summed E-state index contributed by atoms with van der Waals surface area (Å²) >= 11 is 0. The number of imidazole rings is 1. The summed E-state index contributed by atoms with van der Waals surface area (Å²) in [6.07, 6.45) is -0.885. The van der Waals surface area contributed by atoms with Gasteiger partial charge in [0.05, 0.1) is 6.54 Å². The molecular formula is C20H27N5O4. The van der Waals surface area contributed by atoms with E-state index in [4.69, 9.17) is 4.74 Å². The average Bonchev–Trinajstić information content (AvgIpc) is 3.02. The van der Waals surface area contributed by atoms with Gasteiger partial charge in [0.25, 0.3) is 5.56 Å². The maximum absolute atomic E-state index is 12.5. The van der Waals surface area contributed by atoms with Crippen LogP contribution in [-0.4, -0.2) is 43.5 Å². The number of aromatic nitrogens is 4. The molecule has 0 aliphatic rings. The summed E-state index contributed by atoms with van der Waals surface area (Å²) in [5, 5.41) is 13.7. The summed E-state index contributed by atoms with van der Waals surface area (Å²) < 4.78 is 8.55. The third-order valence-corrected chi connectivity index (χ3v) is 4.50. The van der Waals surface area contributed by atoms with Crippen molar-refractivity contribution in [3.63, 3.8) is 0 Å². The number of aliphatic hydroxyl groups excluding tert-OH is 1. The molecule has 29 heavy (non-hydrogen) atoms. The van der Waals surface area contributed by atoms with Gasteiger partial charge >= 0.3 is 5.69 Å². The Bertz CT molecular complexity index is 1110. The van der Waals surface area contributed by atoms with Crippen LogP contribution in [0.4, 0.5) is 5.95 Å². The van der Waals surface area contributed by atoms with Gasteiger partial charge in [0.2, 0.25) is 5.95 Å². The molecule has 1 aromatic carbocycles. The third-order valence-electron chi connectivity index (χ3n) is 4.50. The predicted molar refractivity (Wildman–Crippen MR) is 112 cm³/mol. The first-order valence-corrected chi connectivity index (χ1v) is 9.57. The average molecular weight is 401 g/mol. The standard InChI is InChI=1S/C20H27N5O4/c1-12(2)9-21-19-22-17-16(18(27)23-20(28)24(17)4)25(19)10-14(26)11-29-15-7-5-6-13(3)8-15/h5-8,12,14,26H,9-11H2,1-4H3,(H,21,22)(H,23,27,28)/t14-/m1/s1. The van der Waals surface area contributed by atoms with Gasteiger partial charge in [0.15, 0.2) is 11.2 Å². The van der Waals surface area contributed by atoms with Gasteiger partial charge in [0.1, 0.15) is 18.5 Å². The van der Waals surface area contributed by atoms with Gasteiger partial charge in [-0.1, -0.05) is 26.0 Å². The summed E-state index contributed by atoms with van der Waals surface area (Å²) in [6, 6.07) is 7.55. The maximum Gasteiger partial charge on any atom is 0.329 e. The number of nitrogens with one attached hydrogen (secondary N) is 2. The van der Waals surface area contributed by atoms with Crippen LogP contribution in [0, 0.1) is 12.8 Å². The van der Waals surface area contributed by atoms with Crippen LogP contribution in [-0.2, 0) is 13.6 Å². The fourth-order valence-corrected chi connectivity index (χ4v) is 3.00. The van der Waals surface area contributed by atoms with Crippen LogP contribution in [0.3, 0.4) is 0 Å². The molecule has 156 valence electrons. The van der Waals surface area contributed by atoms with Gasteiger partial charge in [-0.25, -0.2) is 4.79 Å². The SMILES string of the molecule is Cc1cccc(OC[C@H](O)Cn2c(NCC(C)C)nc3c2c(=O)[nH]c(=O)n3C)c1. The smallest absolute Gasteiger partial charge is 0.329 e. The number of aliphatic hydroxyl groups is 1. The first kappa shape index (κ1) is 20.7. The van der Waals surface area contributed by atoms with Crippen molar-refractivity contribution in [2.45, 2.75) is 33.4 Å². The molecule has 3 rings (SSSR count). The van der Waals surface area contributed by atoms with Gasteiger partial charge in [-0.2, -0.15) is 4.98 Å². The lowest BCUT2D eigenvalue weighted by atomic mass is 10.2. The van der Waals surface area contributed by atoms with E-state index in [0.717, 1.165) is 5.56 Å². The lowest BCUT2D eigenvalue weighted by Gasteiger charge is -2.16. The molecule has 0 amide bonds. The van der Waals surface area contributed by atoms with Crippen molar-refractivity contribution in [1.82, 2.24) is 19.1 Å². The number of nitrogens with zero attached hydrogens (tertiary/aromatic N) is 3. The molecule has 0 fully saturated rings. The normalized spacial score (nSPS) is 12.5. The summed E-state index contributed by atoms with van der Waals surface area (Å²) in [4.78, 5) is 31.1. The Hall–Kier alpha value is -3.07. The van der Waals surface area contributed by atoms with Crippen LogP contribution in [0.1, 0.15) is 19.4 Å². The van der Waals surface area contributed by atoms with Crippen molar-refractivity contribution >= 4 is 17.1 Å². The molecule has 1 atom stereocenters. The monoisotopic (exact) mass is 401 g/mol. The number of aromatic amines is 1. The molecule has 0 bridgehead atoms. The van der Waals surface area contributed by atoms with Gasteiger partial charge in [0, 0.05) is 13.6 Å². The zero-order valence-corrected chi connectivity index (χ0v) is 17.1. The highest BCUT2D eigenvalue weighted by atomic mass is 16.5. The number of H-pyrrole nitrogens is 1. The number of aryl methyl sites for hydroxylation is 2. The maximum atomic E-state index is 12.5. The Morgan fingerprint density at radius 3 is 2.76 bits per heavy atom. The number of rotatable bonds is 8. The first-order valence-electron chi connectivity index (χ1n) is 9.57. The highest BCUT2D eigenvalue weighted by Crippen LogP contribution is 2.17. The van der Waals surface area contributed by atoms with E-state index < -0.39 is 17.4 Å². The predicted octanol–water partition coefficient (Wildman–Crippen LogP) is 1.24. The Balaban J connectivity index is 1.89. The Morgan fingerprint density at radius 1 is 1.31 bits per heavy atom. The molecule has 0 aliphatic heterocycles. The van der Waals surface area contributed by atoms with E-state index in [-0.39, 0.29) is 24.3 Å². The Kier molecular flexibility index (Phi) is 6.07. The van der Waals surface area contributed by atoms with Crippen LogP contribution in [0.5, 0.6) is 5.75 Å². The molecule has 0 aliphatic carbocycles. The second-order valence-electron chi connectivity index (χ2n) is 7.59. The summed E-state index contributed by atoms with van der Waals surface area (Å²) in [6.45, 7) is 6.83. The highest BCUT2D eigenvalue weighted by Gasteiger charge is 2.20. The Morgan fingerprint density at radius 2 is 2.07 bits per heavy atom. The summed E-state index contributed by atoms with van der Waals surface area (Å²) in [5.41, 5.74) is 0.473. The molecule has 2 aromatic heterocycles. The van der Waals surface area contributed by atoms with Crippen molar-refractivity contribution in [1.29, 1.82) is 0 Å². The molecule has 0 saturated heterocycles. The Labute approximate surface area is 168 Å². The molecule has 9 heteroatoms. The number of hydrogen-bond acceptors (Lipinski definition) is 6.